The molecule has 4 rings (SSSR count). The molecule has 1 aromatic carbocycles. The van der Waals surface area contributed by atoms with E-state index in [2.05, 4.69) is 47.3 Å². The van der Waals surface area contributed by atoms with Gasteiger partial charge in [-0.15, -0.1) is 11.8 Å². The Morgan fingerprint density at radius 3 is 2.89 bits per heavy atom. The van der Waals surface area contributed by atoms with E-state index in [-0.39, 0.29) is 5.91 Å². The average molecular weight is 380 g/mol. The van der Waals surface area contributed by atoms with Crippen molar-refractivity contribution in [1.29, 1.82) is 0 Å². The van der Waals surface area contributed by atoms with E-state index in [1.807, 2.05) is 12.1 Å². The summed E-state index contributed by atoms with van der Waals surface area (Å²) in [6, 6.07) is 10.0. The first kappa shape index (κ1) is 18.1. The number of aromatic nitrogens is 2. The molecule has 4 nitrogen and oxygen atoms in total. The molecule has 2 aromatic heterocycles. The van der Waals surface area contributed by atoms with Gasteiger partial charge in [0.15, 0.2) is 0 Å². The van der Waals surface area contributed by atoms with Crippen LogP contribution in [0.2, 0.25) is 0 Å². The molecule has 2 heterocycles. The number of pyridine rings is 1. The number of carbonyl (C=O) groups excluding carboxylic acids is 1. The van der Waals surface area contributed by atoms with Crippen LogP contribution in [0.3, 0.4) is 0 Å². The minimum atomic E-state index is -0.0503. The zero-order valence-corrected chi connectivity index (χ0v) is 16.7. The number of benzene rings is 1. The summed E-state index contributed by atoms with van der Waals surface area (Å²) in [5, 5.41) is 5.74. The Morgan fingerprint density at radius 2 is 2.07 bits per heavy atom. The zero-order chi connectivity index (χ0) is 18.8. The molecule has 0 atom stereocenters. The van der Waals surface area contributed by atoms with Crippen LogP contribution in [0, 0.1) is 13.8 Å². The first-order valence-corrected chi connectivity index (χ1v) is 10.5. The van der Waals surface area contributed by atoms with Gasteiger partial charge in [0.2, 0.25) is 0 Å². The second kappa shape index (κ2) is 7.77. The molecule has 1 aliphatic rings. The fraction of sp³-hybridized carbons (Fsp3) is 0.364. The third-order valence-corrected chi connectivity index (χ3v) is 6.78. The van der Waals surface area contributed by atoms with Crippen molar-refractivity contribution in [1.82, 2.24) is 15.3 Å². The molecule has 0 aliphatic heterocycles. The molecule has 3 aromatic rings. The molecule has 0 spiro atoms. The van der Waals surface area contributed by atoms with Crippen LogP contribution in [-0.2, 0) is 6.54 Å². The minimum Gasteiger partial charge on any atom is -0.358 e. The Labute approximate surface area is 164 Å². The van der Waals surface area contributed by atoms with E-state index in [0.717, 1.165) is 16.1 Å². The lowest BCUT2D eigenvalue weighted by atomic mass is 10.1. The van der Waals surface area contributed by atoms with Gasteiger partial charge in [-0.3, -0.25) is 4.79 Å². The number of hydrogen-bond acceptors (Lipinski definition) is 3. The van der Waals surface area contributed by atoms with Crippen molar-refractivity contribution in [3.05, 3.63) is 58.9 Å². The number of H-pyrrole nitrogens is 1. The van der Waals surface area contributed by atoms with E-state index in [0.29, 0.717) is 17.4 Å². The van der Waals surface area contributed by atoms with Crippen molar-refractivity contribution in [2.45, 2.75) is 56.4 Å². The summed E-state index contributed by atoms with van der Waals surface area (Å²) in [6.07, 6.45) is 6.79. The normalized spacial score (nSPS) is 14.7. The summed E-state index contributed by atoms with van der Waals surface area (Å²) in [5.74, 6) is -0.0503. The average Bonchev–Trinajstić information content (AvgIpc) is 3.29. The van der Waals surface area contributed by atoms with E-state index >= 15 is 0 Å². The van der Waals surface area contributed by atoms with Crippen molar-refractivity contribution < 1.29 is 4.79 Å². The number of aromatic amines is 1. The standard InChI is InChI=1S/C22H25N3OS/c1-14-15(2)25-20-10-9-16(12-19(14)20)13-24-21(26)18-8-5-11-23-22(18)27-17-6-3-4-7-17/h5,8-12,17,25H,3-4,6-7,13H2,1-2H3,(H,24,26). The molecule has 1 saturated carbocycles. The Bertz CT molecular complexity index is 973. The van der Waals surface area contributed by atoms with E-state index < -0.39 is 0 Å². The lowest BCUT2D eigenvalue weighted by molar-refractivity contribution is 0.0947. The topological polar surface area (TPSA) is 57.8 Å². The Balaban J connectivity index is 1.47. The quantitative estimate of drug-likeness (QED) is 0.645. The number of aryl methyl sites for hydroxylation is 2. The smallest absolute Gasteiger partial charge is 0.254 e. The van der Waals surface area contributed by atoms with Crippen molar-refractivity contribution in [3.63, 3.8) is 0 Å². The van der Waals surface area contributed by atoms with Crippen LogP contribution >= 0.6 is 11.8 Å². The third kappa shape index (κ3) is 3.88. The first-order valence-electron chi connectivity index (χ1n) is 9.59. The van der Waals surface area contributed by atoms with Crippen LogP contribution in [0.1, 0.15) is 52.9 Å². The molecule has 0 unspecified atom stereocenters. The molecule has 0 saturated heterocycles. The fourth-order valence-electron chi connectivity index (χ4n) is 3.72. The van der Waals surface area contributed by atoms with Crippen LogP contribution in [0.4, 0.5) is 0 Å². The van der Waals surface area contributed by atoms with Crippen molar-refractivity contribution in [3.8, 4) is 0 Å². The van der Waals surface area contributed by atoms with E-state index in [1.54, 1.807) is 18.0 Å². The van der Waals surface area contributed by atoms with Gasteiger partial charge >= 0.3 is 0 Å². The Morgan fingerprint density at radius 1 is 1.26 bits per heavy atom. The van der Waals surface area contributed by atoms with Gasteiger partial charge in [-0.2, -0.15) is 0 Å². The molecule has 0 bridgehead atoms. The van der Waals surface area contributed by atoms with Gasteiger partial charge in [0.05, 0.1) is 5.56 Å². The van der Waals surface area contributed by atoms with Crippen LogP contribution in [-0.4, -0.2) is 21.1 Å². The summed E-state index contributed by atoms with van der Waals surface area (Å²) in [5.41, 5.74) is 5.38. The monoisotopic (exact) mass is 379 g/mol. The minimum absolute atomic E-state index is 0.0503. The van der Waals surface area contributed by atoms with Crippen molar-refractivity contribution >= 4 is 28.6 Å². The fourth-order valence-corrected chi connectivity index (χ4v) is 5.01. The maximum atomic E-state index is 12.8. The molecule has 5 heteroatoms. The van der Waals surface area contributed by atoms with Crippen LogP contribution < -0.4 is 5.32 Å². The predicted molar refractivity (Wildman–Crippen MR) is 111 cm³/mol. The maximum Gasteiger partial charge on any atom is 0.254 e. The molecular formula is C22H25N3OS. The lowest BCUT2D eigenvalue weighted by Gasteiger charge is -2.12. The van der Waals surface area contributed by atoms with Gasteiger partial charge in [0.1, 0.15) is 5.03 Å². The van der Waals surface area contributed by atoms with E-state index in [9.17, 15) is 4.79 Å². The van der Waals surface area contributed by atoms with Crippen molar-refractivity contribution in [2.24, 2.45) is 0 Å². The molecule has 1 amide bonds. The Kier molecular flexibility index (Phi) is 5.21. The maximum absolute atomic E-state index is 12.8. The van der Waals surface area contributed by atoms with Crippen LogP contribution in [0.5, 0.6) is 0 Å². The van der Waals surface area contributed by atoms with Gasteiger partial charge < -0.3 is 10.3 Å². The van der Waals surface area contributed by atoms with Crippen LogP contribution in [0.25, 0.3) is 10.9 Å². The summed E-state index contributed by atoms with van der Waals surface area (Å²) in [7, 11) is 0. The third-order valence-electron chi connectivity index (χ3n) is 5.42. The van der Waals surface area contributed by atoms with Gasteiger partial charge in [-0.25, -0.2) is 4.98 Å². The number of nitrogens with one attached hydrogen (secondary N) is 2. The molecule has 140 valence electrons. The number of amides is 1. The molecule has 1 aliphatic carbocycles. The number of carbonyl (C=O) groups is 1. The van der Waals surface area contributed by atoms with E-state index in [4.69, 9.17) is 0 Å². The van der Waals surface area contributed by atoms with Gasteiger partial charge in [0, 0.05) is 34.6 Å². The summed E-state index contributed by atoms with van der Waals surface area (Å²) in [4.78, 5) is 20.6. The first-order chi connectivity index (χ1) is 13.1. The number of rotatable bonds is 5. The largest absolute Gasteiger partial charge is 0.358 e. The predicted octanol–water partition coefficient (Wildman–Crippen LogP) is 5.14. The van der Waals surface area contributed by atoms with Crippen LogP contribution in [0.15, 0.2) is 41.6 Å². The SMILES string of the molecule is Cc1[nH]c2ccc(CNC(=O)c3cccnc3SC3CCCC3)cc2c1C. The highest BCUT2D eigenvalue weighted by molar-refractivity contribution is 7.99. The van der Waals surface area contributed by atoms with Gasteiger partial charge in [-0.05, 0) is 62.1 Å². The number of hydrogen-bond donors (Lipinski definition) is 2. The highest BCUT2D eigenvalue weighted by atomic mass is 32.2. The summed E-state index contributed by atoms with van der Waals surface area (Å²) < 4.78 is 0. The summed E-state index contributed by atoms with van der Waals surface area (Å²) in [6.45, 7) is 4.72. The van der Waals surface area contributed by atoms with Gasteiger partial charge in [-0.1, -0.05) is 18.9 Å². The van der Waals surface area contributed by atoms with Crippen molar-refractivity contribution in [2.75, 3.05) is 0 Å². The molecule has 1 fully saturated rings. The molecule has 0 radical (unpaired) electrons. The lowest BCUT2D eigenvalue weighted by Crippen LogP contribution is -2.23. The number of nitrogens with zero attached hydrogens (tertiary/aromatic N) is 1. The number of fused-ring (bicyclic) bond motifs is 1. The molecule has 27 heavy (non-hydrogen) atoms. The molecule has 2 N–H and O–H groups in total. The Hall–Kier alpha value is -2.27. The second-order valence-electron chi connectivity index (χ2n) is 7.32. The summed E-state index contributed by atoms with van der Waals surface area (Å²) >= 11 is 1.76. The number of thioether (sulfide) groups is 1. The zero-order valence-electron chi connectivity index (χ0n) is 15.8. The second-order valence-corrected chi connectivity index (χ2v) is 8.61. The highest BCUT2D eigenvalue weighted by Gasteiger charge is 2.20. The highest BCUT2D eigenvalue weighted by Crippen LogP contribution is 2.35. The van der Waals surface area contributed by atoms with Gasteiger partial charge in [0.25, 0.3) is 5.91 Å². The van der Waals surface area contributed by atoms with E-state index in [1.165, 1.54) is 42.3 Å². The molecular weight excluding hydrogens is 354 g/mol.